The average molecular weight is 241 g/mol. The third-order valence-corrected chi connectivity index (χ3v) is 3.98. The molecular formula is C14H27NO2. The molecule has 0 aromatic rings. The molecule has 0 spiro atoms. The van der Waals surface area contributed by atoms with Crippen LogP contribution in [0.3, 0.4) is 0 Å². The fraction of sp³-hybridized carbons (Fsp3) is 0.929. The number of rotatable bonds is 9. The molecule has 3 N–H and O–H groups in total. The van der Waals surface area contributed by atoms with Gasteiger partial charge in [-0.15, -0.1) is 0 Å². The minimum absolute atomic E-state index is 0.468. The predicted octanol–water partition coefficient (Wildman–Crippen LogP) is 3.03. The zero-order chi connectivity index (χ0) is 12.8. The largest absolute Gasteiger partial charge is 0.480 e. The molecule has 3 nitrogen and oxygen atoms in total. The van der Waals surface area contributed by atoms with Crippen LogP contribution < -0.4 is 5.73 Å². The summed E-state index contributed by atoms with van der Waals surface area (Å²) in [7, 11) is 0. The van der Waals surface area contributed by atoms with Gasteiger partial charge in [-0.05, 0) is 30.6 Å². The summed E-state index contributed by atoms with van der Waals surface area (Å²) in [6.45, 7) is 4.42. The molecule has 0 bridgehead atoms. The summed E-state index contributed by atoms with van der Waals surface area (Å²) in [5, 5.41) is 8.82. The Bertz CT molecular complexity index is 238. The number of carbonyl (C=O) groups is 1. The number of aliphatic carboxylic acids is 1. The van der Waals surface area contributed by atoms with Gasteiger partial charge in [-0.25, -0.2) is 0 Å². The smallest absolute Gasteiger partial charge is 0.320 e. The first-order chi connectivity index (χ1) is 8.02. The Kier molecular flexibility index (Phi) is 5.96. The minimum atomic E-state index is -0.867. The van der Waals surface area contributed by atoms with Crippen LogP contribution in [-0.2, 0) is 4.79 Å². The summed E-state index contributed by atoms with van der Waals surface area (Å²) in [6, 6.07) is -0.685. The molecule has 3 heteroatoms. The standard InChI is InChI=1S/C14H27NO2/c1-3-11(9-13(15)14(16)17)8-10(2)4-5-12-6-7-12/h10-13H,3-9,15H2,1-2H3,(H,16,17). The Balaban J connectivity index is 2.21. The molecule has 0 amide bonds. The molecular weight excluding hydrogens is 214 g/mol. The zero-order valence-electron chi connectivity index (χ0n) is 11.2. The molecule has 3 atom stereocenters. The first-order valence-corrected chi connectivity index (χ1v) is 7.01. The van der Waals surface area contributed by atoms with E-state index in [4.69, 9.17) is 10.8 Å². The molecule has 0 aliphatic heterocycles. The summed E-state index contributed by atoms with van der Waals surface area (Å²) in [6.07, 6.45) is 8.30. The molecule has 0 saturated heterocycles. The van der Waals surface area contributed by atoms with E-state index in [1.807, 2.05) is 0 Å². The van der Waals surface area contributed by atoms with Gasteiger partial charge in [-0.1, -0.05) is 46.0 Å². The van der Waals surface area contributed by atoms with Gasteiger partial charge in [0.1, 0.15) is 6.04 Å². The van der Waals surface area contributed by atoms with E-state index < -0.39 is 12.0 Å². The summed E-state index contributed by atoms with van der Waals surface area (Å²) in [5.74, 6) is 1.31. The van der Waals surface area contributed by atoms with Crippen molar-refractivity contribution in [3.8, 4) is 0 Å². The van der Waals surface area contributed by atoms with Crippen LogP contribution in [0.5, 0.6) is 0 Å². The summed E-state index contributed by atoms with van der Waals surface area (Å²) >= 11 is 0. The molecule has 1 aliphatic carbocycles. The van der Waals surface area contributed by atoms with Gasteiger partial charge >= 0.3 is 5.97 Å². The van der Waals surface area contributed by atoms with Crippen molar-refractivity contribution in [1.82, 2.24) is 0 Å². The van der Waals surface area contributed by atoms with Crippen LogP contribution in [0.2, 0.25) is 0 Å². The highest BCUT2D eigenvalue weighted by Gasteiger charge is 2.23. The molecule has 1 rings (SSSR count). The lowest BCUT2D eigenvalue weighted by Crippen LogP contribution is -2.32. The molecule has 1 fully saturated rings. The van der Waals surface area contributed by atoms with Crippen molar-refractivity contribution in [3.63, 3.8) is 0 Å². The topological polar surface area (TPSA) is 63.3 Å². The van der Waals surface area contributed by atoms with E-state index in [0.717, 1.165) is 18.8 Å². The van der Waals surface area contributed by atoms with E-state index in [2.05, 4.69) is 13.8 Å². The van der Waals surface area contributed by atoms with Gasteiger partial charge < -0.3 is 10.8 Å². The second-order valence-electron chi connectivity index (χ2n) is 5.82. The van der Waals surface area contributed by atoms with Gasteiger partial charge in [-0.2, -0.15) is 0 Å². The quantitative estimate of drug-likeness (QED) is 0.652. The Morgan fingerprint density at radius 2 is 2.06 bits per heavy atom. The highest BCUT2D eigenvalue weighted by molar-refractivity contribution is 5.73. The third kappa shape index (κ3) is 6.06. The summed E-state index contributed by atoms with van der Waals surface area (Å²) in [5.41, 5.74) is 5.60. The second kappa shape index (κ2) is 7.00. The van der Waals surface area contributed by atoms with Gasteiger partial charge in [0.15, 0.2) is 0 Å². The van der Waals surface area contributed by atoms with Crippen molar-refractivity contribution < 1.29 is 9.90 Å². The van der Waals surface area contributed by atoms with E-state index in [1.165, 1.54) is 25.7 Å². The van der Waals surface area contributed by atoms with E-state index in [0.29, 0.717) is 18.3 Å². The Morgan fingerprint density at radius 1 is 1.41 bits per heavy atom. The Hall–Kier alpha value is -0.570. The van der Waals surface area contributed by atoms with Gasteiger partial charge in [0.25, 0.3) is 0 Å². The fourth-order valence-electron chi connectivity index (χ4n) is 2.50. The lowest BCUT2D eigenvalue weighted by molar-refractivity contribution is -0.139. The van der Waals surface area contributed by atoms with Crippen molar-refractivity contribution in [2.75, 3.05) is 0 Å². The lowest BCUT2D eigenvalue weighted by atomic mass is 9.86. The van der Waals surface area contributed by atoms with Gasteiger partial charge in [0.05, 0.1) is 0 Å². The monoisotopic (exact) mass is 241 g/mol. The van der Waals surface area contributed by atoms with Crippen molar-refractivity contribution in [2.45, 2.75) is 64.8 Å². The van der Waals surface area contributed by atoms with Crippen LogP contribution in [-0.4, -0.2) is 17.1 Å². The number of carboxylic acid groups (broad SMARTS) is 1. The van der Waals surface area contributed by atoms with Gasteiger partial charge in [-0.3, -0.25) is 4.79 Å². The van der Waals surface area contributed by atoms with E-state index in [1.54, 1.807) is 0 Å². The van der Waals surface area contributed by atoms with Crippen molar-refractivity contribution in [1.29, 1.82) is 0 Å². The van der Waals surface area contributed by atoms with Crippen molar-refractivity contribution >= 4 is 5.97 Å². The number of hydrogen-bond acceptors (Lipinski definition) is 2. The van der Waals surface area contributed by atoms with Crippen molar-refractivity contribution in [2.24, 2.45) is 23.5 Å². The average Bonchev–Trinajstić information content (AvgIpc) is 3.08. The van der Waals surface area contributed by atoms with Crippen LogP contribution in [0.25, 0.3) is 0 Å². The third-order valence-electron chi connectivity index (χ3n) is 3.98. The van der Waals surface area contributed by atoms with Crippen LogP contribution in [0.4, 0.5) is 0 Å². The van der Waals surface area contributed by atoms with Crippen LogP contribution in [0.15, 0.2) is 0 Å². The number of hydrogen-bond donors (Lipinski definition) is 2. The van der Waals surface area contributed by atoms with E-state index in [-0.39, 0.29) is 0 Å². The Labute approximate surface area is 105 Å². The molecule has 0 aromatic carbocycles. The lowest BCUT2D eigenvalue weighted by Gasteiger charge is -2.21. The highest BCUT2D eigenvalue weighted by atomic mass is 16.4. The minimum Gasteiger partial charge on any atom is -0.480 e. The van der Waals surface area contributed by atoms with Gasteiger partial charge in [0.2, 0.25) is 0 Å². The maximum Gasteiger partial charge on any atom is 0.320 e. The van der Waals surface area contributed by atoms with E-state index in [9.17, 15) is 4.79 Å². The van der Waals surface area contributed by atoms with Gasteiger partial charge in [0, 0.05) is 0 Å². The van der Waals surface area contributed by atoms with E-state index >= 15 is 0 Å². The van der Waals surface area contributed by atoms with Crippen molar-refractivity contribution in [3.05, 3.63) is 0 Å². The molecule has 100 valence electrons. The fourth-order valence-corrected chi connectivity index (χ4v) is 2.50. The predicted molar refractivity (Wildman–Crippen MR) is 69.7 cm³/mol. The molecule has 3 unspecified atom stereocenters. The summed E-state index contributed by atoms with van der Waals surface area (Å²) < 4.78 is 0. The highest BCUT2D eigenvalue weighted by Crippen LogP contribution is 2.35. The molecule has 17 heavy (non-hydrogen) atoms. The Morgan fingerprint density at radius 3 is 2.53 bits per heavy atom. The molecule has 0 radical (unpaired) electrons. The maximum atomic E-state index is 10.7. The van der Waals surface area contributed by atoms with Crippen LogP contribution >= 0.6 is 0 Å². The first-order valence-electron chi connectivity index (χ1n) is 7.01. The van der Waals surface area contributed by atoms with Crippen LogP contribution in [0, 0.1) is 17.8 Å². The number of carboxylic acids is 1. The molecule has 1 saturated carbocycles. The SMILES string of the molecule is CCC(CC(C)CCC1CC1)CC(N)C(=O)O. The molecule has 0 heterocycles. The first kappa shape index (κ1) is 14.5. The zero-order valence-corrected chi connectivity index (χ0v) is 11.2. The van der Waals surface area contributed by atoms with Crippen LogP contribution in [0.1, 0.15) is 58.8 Å². The number of nitrogens with two attached hydrogens (primary N) is 1. The molecule has 1 aliphatic rings. The molecule has 0 aromatic heterocycles. The summed E-state index contributed by atoms with van der Waals surface area (Å²) in [4.78, 5) is 10.7. The maximum absolute atomic E-state index is 10.7. The second-order valence-corrected chi connectivity index (χ2v) is 5.82. The normalized spacial score (nSPS) is 20.9.